The first kappa shape index (κ1) is 42.4. The summed E-state index contributed by atoms with van der Waals surface area (Å²) in [5, 5.41) is 0. The maximum absolute atomic E-state index is 12.9. The van der Waals surface area contributed by atoms with E-state index in [0.717, 1.165) is 141 Å². The molecule has 0 N–H and O–H groups in total. The first-order chi connectivity index (χ1) is 27.3. The van der Waals surface area contributed by atoms with Gasteiger partial charge in [0.25, 0.3) is 0 Å². The van der Waals surface area contributed by atoms with Gasteiger partial charge in [-0.2, -0.15) is 0 Å². The Morgan fingerprint density at radius 2 is 0.857 bits per heavy atom. The summed E-state index contributed by atoms with van der Waals surface area (Å²) >= 11 is 0. The average molecular weight is 779 g/mol. The largest absolute Gasteiger partial charge is 0.494 e. The second kappa shape index (κ2) is 21.5. The van der Waals surface area contributed by atoms with Gasteiger partial charge >= 0.3 is 11.9 Å². The number of rotatable bonds is 25. The van der Waals surface area contributed by atoms with Crippen molar-refractivity contribution >= 4 is 11.9 Å². The summed E-state index contributed by atoms with van der Waals surface area (Å²) in [4.78, 5) is 25.8. The summed E-state index contributed by atoms with van der Waals surface area (Å²) in [6.07, 6.45) is 16.3. The van der Waals surface area contributed by atoms with E-state index < -0.39 is 0 Å². The van der Waals surface area contributed by atoms with Crippen LogP contribution in [-0.2, 0) is 28.4 Å². The maximum atomic E-state index is 12.9. The number of carbonyl (C=O) groups excluding carboxylic acids is 2. The van der Waals surface area contributed by atoms with Crippen LogP contribution in [0.4, 0.5) is 0 Å². The molecule has 2 aliphatic carbocycles. The molecule has 0 spiro atoms. The fourth-order valence-electron chi connectivity index (χ4n) is 7.86. The molecule has 0 aromatic heterocycles. The molecule has 0 radical (unpaired) electrons. The summed E-state index contributed by atoms with van der Waals surface area (Å²) in [6.45, 7) is 10.0. The van der Waals surface area contributed by atoms with Crippen molar-refractivity contribution in [2.75, 3.05) is 52.9 Å². The normalized spacial score (nSPS) is 27.0. The average Bonchev–Trinajstić information content (AvgIpc) is 4.15. The molecule has 2 aromatic rings. The molecule has 310 valence electrons. The Bertz CT molecular complexity index is 1340. The highest BCUT2D eigenvalue weighted by Crippen LogP contribution is 2.40. The summed E-state index contributed by atoms with van der Waals surface area (Å²) < 4.78 is 45.6. The summed E-state index contributed by atoms with van der Waals surface area (Å²) in [6, 6.07) is 14.6. The highest BCUT2D eigenvalue weighted by Gasteiger charge is 2.40. The lowest BCUT2D eigenvalue weighted by molar-refractivity contribution is -0.000154. The molecule has 0 amide bonds. The number of benzene rings is 2. The molecule has 10 nitrogen and oxygen atoms in total. The maximum Gasteiger partial charge on any atom is 0.338 e. The van der Waals surface area contributed by atoms with Gasteiger partial charge in [0.05, 0.1) is 50.8 Å². The van der Waals surface area contributed by atoms with Crippen LogP contribution in [0.1, 0.15) is 137 Å². The lowest BCUT2D eigenvalue weighted by Crippen LogP contribution is -2.32. The molecule has 10 heteroatoms. The Kier molecular flexibility index (Phi) is 16.3. The zero-order valence-corrected chi connectivity index (χ0v) is 34.0. The van der Waals surface area contributed by atoms with Crippen molar-refractivity contribution in [1.29, 1.82) is 0 Å². The lowest BCUT2D eigenvalue weighted by atomic mass is 9.72. The summed E-state index contributed by atoms with van der Waals surface area (Å²) in [5.74, 6) is 2.30. The third-order valence-corrected chi connectivity index (χ3v) is 11.8. The van der Waals surface area contributed by atoms with Gasteiger partial charge in [-0.05, 0) is 164 Å². The van der Waals surface area contributed by atoms with E-state index in [1.54, 1.807) is 24.3 Å². The molecule has 2 unspecified atom stereocenters. The van der Waals surface area contributed by atoms with E-state index in [-0.39, 0.29) is 35.3 Å². The van der Waals surface area contributed by atoms with Crippen LogP contribution in [-0.4, -0.2) is 88.2 Å². The van der Waals surface area contributed by atoms with E-state index in [9.17, 15) is 9.59 Å². The second-order valence-corrected chi connectivity index (χ2v) is 17.0. The van der Waals surface area contributed by atoms with Crippen molar-refractivity contribution in [3.05, 3.63) is 59.7 Å². The number of epoxide rings is 2. The Balaban J connectivity index is 0.769. The van der Waals surface area contributed by atoms with Crippen molar-refractivity contribution < 1.29 is 47.5 Å². The van der Waals surface area contributed by atoms with Gasteiger partial charge in [-0.3, -0.25) is 0 Å². The van der Waals surface area contributed by atoms with E-state index in [0.29, 0.717) is 49.4 Å². The predicted molar refractivity (Wildman–Crippen MR) is 213 cm³/mol. The topological polar surface area (TPSA) is 115 Å². The molecular weight excluding hydrogens is 712 g/mol. The quantitative estimate of drug-likeness (QED) is 0.0549. The molecule has 2 heterocycles. The predicted octanol–water partition coefficient (Wildman–Crippen LogP) is 9.31. The Morgan fingerprint density at radius 3 is 1.20 bits per heavy atom. The number of hydrogen-bond donors (Lipinski definition) is 0. The van der Waals surface area contributed by atoms with E-state index in [1.165, 1.54) is 0 Å². The molecule has 56 heavy (non-hydrogen) atoms. The molecule has 2 saturated heterocycles. The van der Waals surface area contributed by atoms with Crippen LogP contribution in [0, 0.1) is 11.8 Å². The first-order valence-corrected chi connectivity index (χ1v) is 21.6. The molecule has 2 aromatic carbocycles. The number of hydrogen-bond acceptors (Lipinski definition) is 10. The van der Waals surface area contributed by atoms with Crippen molar-refractivity contribution in [2.45, 2.75) is 140 Å². The van der Waals surface area contributed by atoms with Gasteiger partial charge in [0.15, 0.2) is 0 Å². The Labute approximate surface area is 334 Å². The van der Waals surface area contributed by atoms with Crippen molar-refractivity contribution in [3.8, 4) is 11.5 Å². The van der Waals surface area contributed by atoms with E-state index >= 15 is 0 Å². The molecule has 4 fully saturated rings. The van der Waals surface area contributed by atoms with Gasteiger partial charge in [0.1, 0.15) is 34.9 Å². The van der Waals surface area contributed by atoms with E-state index in [2.05, 4.69) is 13.8 Å². The second-order valence-electron chi connectivity index (χ2n) is 17.0. The zero-order chi connectivity index (χ0) is 39.1. The van der Waals surface area contributed by atoms with E-state index in [4.69, 9.17) is 37.9 Å². The number of esters is 2. The smallest absolute Gasteiger partial charge is 0.338 e. The van der Waals surface area contributed by atoms with Crippen LogP contribution >= 0.6 is 0 Å². The van der Waals surface area contributed by atoms with Gasteiger partial charge < -0.3 is 37.9 Å². The summed E-state index contributed by atoms with van der Waals surface area (Å²) in [5.41, 5.74) is 1.07. The highest BCUT2D eigenvalue weighted by atomic mass is 16.6. The molecule has 0 bridgehead atoms. The zero-order valence-electron chi connectivity index (χ0n) is 34.0. The van der Waals surface area contributed by atoms with Gasteiger partial charge in [0.2, 0.25) is 0 Å². The van der Waals surface area contributed by atoms with Crippen LogP contribution < -0.4 is 9.47 Å². The molecular formula is C46H66O10. The summed E-state index contributed by atoms with van der Waals surface area (Å²) in [7, 11) is 0. The van der Waals surface area contributed by atoms with Gasteiger partial charge in [-0.15, -0.1) is 0 Å². The lowest BCUT2D eigenvalue weighted by Gasteiger charge is -2.37. The van der Waals surface area contributed by atoms with Crippen molar-refractivity contribution in [3.63, 3.8) is 0 Å². The first-order valence-electron chi connectivity index (χ1n) is 21.6. The fourth-order valence-corrected chi connectivity index (χ4v) is 7.86. The standard InChI is InChI=1S/C46H66O10/c1-45(33-53-45)31-49-27-7-3-5-9-29-51-39-19-15-37(16-20-39)43(47)55-41-23-11-35(12-24-41)36-13-25-42(26-14-36)56-44(48)38-17-21-40(22-18-38)52-30-10-6-4-8-28-50-32-46(2)34-54-46/h15-22,35-36,41-42H,3-14,23-34H2,1-2H3. The monoisotopic (exact) mass is 778 g/mol. The number of carbonyl (C=O) groups is 2. The third kappa shape index (κ3) is 14.6. The third-order valence-electron chi connectivity index (χ3n) is 11.8. The van der Waals surface area contributed by atoms with Gasteiger partial charge in [-0.1, -0.05) is 12.8 Å². The molecule has 2 atom stereocenters. The van der Waals surface area contributed by atoms with Crippen molar-refractivity contribution in [2.24, 2.45) is 11.8 Å². The number of ether oxygens (including phenoxy) is 8. The Hall–Kier alpha value is -3.18. The minimum atomic E-state index is -0.257. The van der Waals surface area contributed by atoms with Crippen LogP contribution in [0.5, 0.6) is 11.5 Å². The van der Waals surface area contributed by atoms with Crippen LogP contribution in [0.2, 0.25) is 0 Å². The van der Waals surface area contributed by atoms with Gasteiger partial charge in [-0.25, -0.2) is 9.59 Å². The van der Waals surface area contributed by atoms with Crippen molar-refractivity contribution in [1.82, 2.24) is 0 Å². The Morgan fingerprint density at radius 1 is 0.518 bits per heavy atom. The van der Waals surface area contributed by atoms with Crippen LogP contribution in [0.15, 0.2) is 48.5 Å². The molecule has 4 aliphatic rings. The van der Waals surface area contributed by atoms with Crippen LogP contribution in [0.25, 0.3) is 0 Å². The molecule has 2 aliphatic heterocycles. The molecule has 6 rings (SSSR count). The highest BCUT2D eigenvalue weighted by molar-refractivity contribution is 5.90. The van der Waals surface area contributed by atoms with Gasteiger partial charge in [0, 0.05) is 13.2 Å². The molecule has 2 saturated carbocycles. The fraction of sp³-hybridized carbons (Fsp3) is 0.696. The minimum Gasteiger partial charge on any atom is -0.494 e. The SMILES string of the molecule is CC1(COCCCCCCOc2ccc(C(=O)OC3CCC(C4CCC(OC(=O)c5ccc(OCCCCCCOCC6(C)CO6)cc5)CC4)CC3)cc2)CO1. The minimum absolute atomic E-state index is 0.0300. The van der Waals surface area contributed by atoms with Crippen LogP contribution in [0.3, 0.4) is 0 Å². The number of unbranched alkanes of at least 4 members (excludes halogenated alkanes) is 6. The van der Waals surface area contributed by atoms with E-state index in [1.807, 2.05) is 24.3 Å².